The molecule has 4 nitrogen and oxygen atoms in total. The molecular weight excluding hydrogens is 326 g/mol. The number of carbonyl (C=O) groups is 2. The first-order chi connectivity index (χ1) is 11.4. The van der Waals surface area contributed by atoms with Gasteiger partial charge in [0.05, 0.1) is 5.52 Å². The molecule has 0 aliphatic heterocycles. The van der Waals surface area contributed by atoms with Crippen LogP contribution in [0.2, 0.25) is 5.02 Å². The van der Waals surface area contributed by atoms with Gasteiger partial charge in [-0.3, -0.25) is 9.36 Å². The Bertz CT molecular complexity index is 941. The van der Waals surface area contributed by atoms with E-state index in [-0.39, 0.29) is 17.6 Å². The van der Waals surface area contributed by atoms with Gasteiger partial charge in [-0.05, 0) is 55.0 Å². The Labute approximate surface area is 144 Å². The molecule has 0 bridgehead atoms. The Morgan fingerprint density at radius 1 is 1.21 bits per heavy atom. The van der Waals surface area contributed by atoms with Crippen LogP contribution < -0.4 is 0 Å². The van der Waals surface area contributed by atoms with Crippen LogP contribution in [0.15, 0.2) is 42.5 Å². The standard InChI is InChI=1S/C19H16ClNO3/c1-11(10-22)18-12(2)21(17-8-7-15(23)9-16(17)18)19(24)13-3-5-14(20)6-4-13/h3-11,23H,1-2H3/t11-/m1/s1. The third-order valence-electron chi connectivity index (χ3n) is 4.19. The Hall–Kier alpha value is -2.59. The highest BCUT2D eigenvalue weighted by Crippen LogP contribution is 2.33. The van der Waals surface area contributed by atoms with E-state index >= 15 is 0 Å². The van der Waals surface area contributed by atoms with Crippen LogP contribution in [0.4, 0.5) is 0 Å². The molecule has 1 heterocycles. The fourth-order valence-corrected chi connectivity index (χ4v) is 3.18. The summed E-state index contributed by atoms with van der Waals surface area (Å²) < 4.78 is 1.58. The number of fused-ring (bicyclic) bond motifs is 1. The summed E-state index contributed by atoms with van der Waals surface area (Å²) >= 11 is 5.89. The number of hydrogen-bond acceptors (Lipinski definition) is 3. The second-order valence-electron chi connectivity index (χ2n) is 5.77. The van der Waals surface area contributed by atoms with E-state index in [1.807, 2.05) is 0 Å². The highest BCUT2D eigenvalue weighted by molar-refractivity contribution is 6.30. The molecule has 0 unspecified atom stereocenters. The number of benzene rings is 2. The van der Waals surface area contributed by atoms with Crippen LogP contribution in [0.5, 0.6) is 5.75 Å². The first-order valence-electron chi connectivity index (χ1n) is 7.53. The second kappa shape index (κ2) is 6.13. The molecule has 122 valence electrons. The van der Waals surface area contributed by atoms with Gasteiger partial charge in [0, 0.05) is 27.6 Å². The number of carbonyl (C=O) groups excluding carboxylic acids is 2. The van der Waals surface area contributed by atoms with Crippen LogP contribution in [0.3, 0.4) is 0 Å². The van der Waals surface area contributed by atoms with Gasteiger partial charge in [0.1, 0.15) is 12.0 Å². The van der Waals surface area contributed by atoms with Crippen molar-refractivity contribution < 1.29 is 14.7 Å². The monoisotopic (exact) mass is 341 g/mol. The molecule has 3 aromatic rings. The molecule has 1 atom stereocenters. The predicted octanol–water partition coefficient (Wildman–Crippen LogP) is 4.30. The Morgan fingerprint density at radius 3 is 2.50 bits per heavy atom. The SMILES string of the molecule is Cc1c([C@H](C)C=O)c2cc(O)ccc2n1C(=O)c1ccc(Cl)cc1. The molecule has 2 aromatic carbocycles. The second-order valence-corrected chi connectivity index (χ2v) is 6.21. The smallest absolute Gasteiger partial charge is 0.262 e. The van der Waals surface area contributed by atoms with Crippen molar-refractivity contribution >= 4 is 34.7 Å². The van der Waals surface area contributed by atoms with Crippen LogP contribution in [0.25, 0.3) is 10.9 Å². The summed E-state index contributed by atoms with van der Waals surface area (Å²) in [6.07, 6.45) is 0.836. The summed E-state index contributed by atoms with van der Waals surface area (Å²) in [6.45, 7) is 3.58. The molecule has 0 aliphatic rings. The third-order valence-corrected chi connectivity index (χ3v) is 4.44. The Morgan fingerprint density at radius 2 is 1.88 bits per heavy atom. The van der Waals surface area contributed by atoms with E-state index in [9.17, 15) is 14.7 Å². The summed E-state index contributed by atoms with van der Waals surface area (Å²) in [5, 5.41) is 11.1. The van der Waals surface area contributed by atoms with E-state index in [1.165, 1.54) is 6.07 Å². The molecule has 0 aliphatic carbocycles. The van der Waals surface area contributed by atoms with Gasteiger partial charge in [0.25, 0.3) is 5.91 Å². The van der Waals surface area contributed by atoms with Crippen molar-refractivity contribution in [2.24, 2.45) is 0 Å². The average Bonchev–Trinajstić information content (AvgIpc) is 2.85. The van der Waals surface area contributed by atoms with Crippen molar-refractivity contribution in [1.82, 2.24) is 4.57 Å². The number of rotatable bonds is 3. The first kappa shape index (κ1) is 16.3. The molecule has 0 spiro atoms. The van der Waals surface area contributed by atoms with Crippen LogP contribution >= 0.6 is 11.6 Å². The highest BCUT2D eigenvalue weighted by atomic mass is 35.5. The number of phenolic OH excluding ortho intramolecular Hbond substituents is 1. The van der Waals surface area contributed by atoms with Gasteiger partial charge in [-0.15, -0.1) is 0 Å². The molecule has 24 heavy (non-hydrogen) atoms. The maximum absolute atomic E-state index is 13.0. The van der Waals surface area contributed by atoms with E-state index in [1.54, 1.807) is 54.8 Å². The first-order valence-corrected chi connectivity index (χ1v) is 7.91. The van der Waals surface area contributed by atoms with Gasteiger partial charge >= 0.3 is 0 Å². The number of aromatic hydroxyl groups is 1. The fourth-order valence-electron chi connectivity index (χ4n) is 3.06. The summed E-state index contributed by atoms with van der Waals surface area (Å²) in [7, 11) is 0. The van der Waals surface area contributed by atoms with Crippen molar-refractivity contribution in [3.05, 3.63) is 64.3 Å². The zero-order chi connectivity index (χ0) is 17.4. The number of aromatic nitrogens is 1. The number of nitrogens with zero attached hydrogens (tertiary/aromatic N) is 1. The minimum atomic E-state index is -0.381. The minimum absolute atomic E-state index is 0.0953. The summed E-state index contributed by atoms with van der Waals surface area (Å²) in [4.78, 5) is 24.3. The van der Waals surface area contributed by atoms with Gasteiger partial charge in [0.15, 0.2) is 0 Å². The van der Waals surface area contributed by atoms with Gasteiger partial charge in [0.2, 0.25) is 0 Å². The van der Waals surface area contributed by atoms with Gasteiger partial charge < -0.3 is 9.90 Å². The van der Waals surface area contributed by atoms with Gasteiger partial charge in [-0.25, -0.2) is 0 Å². The summed E-state index contributed by atoms with van der Waals surface area (Å²) in [6, 6.07) is 11.5. The van der Waals surface area contributed by atoms with Crippen molar-refractivity contribution in [2.75, 3.05) is 0 Å². The van der Waals surface area contributed by atoms with Gasteiger partial charge in [-0.1, -0.05) is 18.5 Å². The Balaban J connectivity index is 2.28. The van der Waals surface area contributed by atoms with Gasteiger partial charge in [-0.2, -0.15) is 0 Å². The molecule has 0 saturated heterocycles. The van der Waals surface area contributed by atoms with Crippen LogP contribution in [-0.4, -0.2) is 21.9 Å². The topological polar surface area (TPSA) is 59.3 Å². The number of aldehydes is 1. The molecule has 0 amide bonds. The molecular formula is C19H16ClNO3. The van der Waals surface area contributed by atoms with Crippen molar-refractivity contribution in [1.29, 1.82) is 0 Å². The van der Waals surface area contributed by atoms with Crippen LogP contribution in [-0.2, 0) is 4.79 Å². The Kier molecular flexibility index (Phi) is 4.16. The van der Waals surface area contributed by atoms with Crippen molar-refractivity contribution in [3.8, 4) is 5.75 Å². The number of hydrogen-bond donors (Lipinski definition) is 1. The molecule has 0 fully saturated rings. The lowest BCUT2D eigenvalue weighted by Gasteiger charge is -2.08. The lowest BCUT2D eigenvalue weighted by atomic mass is 9.99. The van der Waals surface area contributed by atoms with Crippen molar-refractivity contribution in [3.63, 3.8) is 0 Å². The van der Waals surface area contributed by atoms with E-state index in [4.69, 9.17) is 11.6 Å². The molecule has 5 heteroatoms. The minimum Gasteiger partial charge on any atom is -0.508 e. The maximum Gasteiger partial charge on any atom is 0.262 e. The number of phenols is 1. The maximum atomic E-state index is 13.0. The predicted molar refractivity (Wildman–Crippen MR) is 94.0 cm³/mol. The van der Waals surface area contributed by atoms with Crippen LogP contribution in [0.1, 0.15) is 34.5 Å². The summed E-state index contributed by atoms with van der Waals surface area (Å²) in [5.41, 5.74) is 2.60. The molecule has 1 N–H and O–H groups in total. The van der Waals surface area contributed by atoms with E-state index in [0.717, 1.165) is 11.8 Å². The quantitative estimate of drug-likeness (QED) is 0.722. The fraction of sp³-hybridized carbons (Fsp3) is 0.158. The van der Waals surface area contributed by atoms with Crippen LogP contribution in [0, 0.1) is 6.92 Å². The average molecular weight is 342 g/mol. The molecule has 1 aromatic heterocycles. The van der Waals surface area contributed by atoms with E-state index in [2.05, 4.69) is 0 Å². The zero-order valence-electron chi connectivity index (χ0n) is 13.3. The zero-order valence-corrected chi connectivity index (χ0v) is 14.0. The molecule has 0 radical (unpaired) electrons. The van der Waals surface area contributed by atoms with E-state index in [0.29, 0.717) is 27.2 Å². The molecule has 0 saturated carbocycles. The van der Waals surface area contributed by atoms with Crippen molar-refractivity contribution in [2.45, 2.75) is 19.8 Å². The number of halogens is 1. The lowest BCUT2D eigenvalue weighted by molar-refractivity contribution is -0.108. The summed E-state index contributed by atoms with van der Waals surface area (Å²) in [5.74, 6) is -0.490. The largest absolute Gasteiger partial charge is 0.508 e. The third kappa shape index (κ3) is 2.59. The highest BCUT2D eigenvalue weighted by Gasteiger charge is 2.23. The molecule has 3 rings (SSSR count). The lowest BCUT2D eigenvalue weighted by Crippen LogP contribution is -2.14. The normalized spacial score (nSPS) is 12.3. The van der Waals surface area contributed by atoms with E-state index < -0.39 is 0 Å².